The van der Waals surface area contributed by atoms with Gasteiger partial charge in [0.25, 0.3) is 0 Å². The lowest BCUT2D eigenvalue weighted by Crippen LogP contribution is -2.28. The standard InChI is InChI=1S/C13H30OSi2/c1-7-16(8-2,9-3)13-11-10-12-14-15(4,5)6/h11,13H,7-10,12H2,1-6H3. The first-order valence-corrected chi connectivity index (χ1v) is 12.8. The van der Waals surface area contributed by atoms with E-state index in [-0.39, 0.29) is 0 Å². The van der Waals surface area contributed by atoms with E-state index in [9.17, 15) is 0 Å². The van der Waals surface area contributed by atoms with Gasteiger partial charge in [0, 0.05) is 6.61 Å². The smallest absolute Gasteiger partial charge is 0.183 e. The molecule has 0 aromatic carbocycles. The third-order valence-electron chi connectivity index (χ3n) is 3.40. The maximum absolute atomic E-state index is 5.85. The highest BCUT2D eigenvalue weighted by molar-refractivity contribution is 6.84. The summed E-state index contributed by atoms with van der Waals surface area (Å²) in [4.78, 5) is 0. The molecule has 0 aromatic heterocycles. The molecule has 16 heavy (non-hydrogen) atoms. The van der Waals surface area contributed by atoms with Crippen molar-refractivity contribution >= 4 is 16.4 Å². The Balaban J connectivity index is 3.98. The summed E-state index contributed by atoms with van der Waals surface area (Å²) in [7, 11) is -2.34. The summed E-state index contributed by atoms with van der Waals surface area (Å²) in [6, 6.07) is 4.14. The van der Waals surface area contributed by atoms with Gasteiger partial charge in [0.1, 0.15) is 0 Å². The molecule has 0 spiro atoms. The monoisotopic (exact) mass is 258 g/mol. The van der Waals surface area contributed by atoms with Crippen molar-refractivity contribution in [2.75, 3.05) is 6.61 Å². The van der Waals surface area contributed by atoms with Crippen molar-refractivity contribution in [3.05, 3.63) is 11.8 Å². The van der Waals surface area contributed by atoms with Crippen molar-refractivity contribution < 1.29 is 4.43 Å². The van der Waals surface area contributed by atoms with Gasteiger partial charge in [-0.3, -0.25) is 0 Å². The molecule has 0 saturated carbocycles. The van der Waals surface area contributed by atoms with Crippen molar-refractivity contribution in [3.63, 3.8) is 0 Å². The van der Waals surface area contributed by atoms with Crippen LogP contribution in [-0.2, 0) is 4.43 Å². The minimum atomic E-state index is -1.30. The first kappa shape index (κ1) is 16.1. The average Bonchev–Trinajstić information content (AvgIpc) is 2.23. The molecule has 0 aliphatic heterocycles. The van der Waals surface area contributed by atoms with Crippen LogP contribution in [0.3, 0.4) is 0 Å². The first-order chi connectivity index (χ1) is 7.39. The zero-order valence-corrected chi connectivity index (χ0v) is 14.1. The maximum Gasteiger partial charge on any atom is 0.183 e. The van der Waals surface area contributed by atoms with E-state index in [1.54, 1.807) is 0 Å². The van der Waals surface area contributed by atoms with Gasteiger partial charge in [0.2, 0.25) is 0 Å². The van der Waals surface area contributed by atoms with Crippen LogP contribution in [0, 0.1) is 0 Å². The highest BCUT2D eigenvalue weighted by Crippen LogP contribution is 2.21. The minimum Gasteiger partial charge on any atom is -0.417 e. The second kappa shape index (κ2) is 7.46. The molecule has 0 saturated heterocycles. The molecule has 0 aromatic rings. The van der Waals surface area contributed by atoms with Gasteiger partial charge in [-0.1, -0.05) is 50.7 Å². The number of rotatable bonds is 8. The Kier molecular flexibility index (Phi) is 7.52. The van der Waals surface area contributed by atoms with Gasteiger partial charge in [0.05, 0.1) is 8.07 Å². The lowest BCUT2D eigenvalue weighted by atomic mass is 10.5. The van der Waals surface area contributed by atoms with Crippen LogP contribution in [0.1, 0.15) is 27.2 Å². The zero-order chi connectivity index (χ0) is 12.7. The fourth-order valence-electron chi connectivity index (χ4n) is 1.87. The number of hydrogen-bond acceptors (Lipinski definition) is 1. The van der Waals surface area contributed by atoms with E-state index < -0.39 is 16.4 Å². The first-order valence-electron chi connectivity index (χ1n) is 6.71. The Labute approximate surface area is 104 Å². The fourth-order valence-corrected chi connectivity index (χ4v) is 5.47. The van der Waals surface area contributed by atoms with Crippen LogP contribution in [-0.4, -0.2) is 23.0 Å². The second-order valence-electron chi connectivity index (χ2n) is 5.57. The molecular weight excluding hydrogens is 228 g/mol. The Morgan fingerprint density at radius 3 is 1.81 bits per heavy atom. The SMILES string of the molecule is CC[Si](C=CCCO[Si](C)(C)C)(CC)CC. The minimum absolute atomic E-state index is 0.911. The van der Waals surface area contributed by atoms with E-state index in [0.717, 1.165) is 13.0 Å². The summed E-state index contributed by atoms with van der Waals surface area (Å²) >= 11 is 0. The molecule has 0 aliphatic carbocycles. The second-order valence-corrected chi connectivity index (χ2v) is 15.3. The summed E-state index contributed by atoms with van der Waals surface area (Å²) in [5.41, 5.74) is 2.56. The molecule has 3 heteroatoms. The molecular formula is C13H30OSi2. The van der Waals surface area contributed by atoms with Crippen LogP contribution in [0.15, 0.2) is 11.8 Å². The van der Waals surface area contributed by atoms with Crippen LogP contribution in [0.4, 0.5) is 0 Å². The van der Waals surface area contributed by atoms with Crippen LogP contribution < -0.4 is 0 Å². The molecule has 0 amide bonds. The molecule has 0 rings (SSSR count). The molecule has 0 N–H and O–H groups in total. The highest BCUT2D eigenvalue weighted by Gasteiger charge is 2.22. The summed E-state index contributed by atoms with van der Waals surface area (Å²) in [6.45, 7) is 14.7. The van der Waals surface area contributed by atoms with Crippen LogP contribution in [0.2, 0.25) is 37.8 Å². The van der Waals surface area contributed by atoms with Gasteiger partial charge in [0.15, 0.2) is 8.32 Å². The van der Waals surface area contributed by atoms with Crippen LogP contribution >= 0.6 is 0 Å². The Morgan fingerprint density at radius 2 is 1.44 bits per heavy atom. The molecule has 0 aliphatic rings. The molecule has 0 atom stereocenters. The fraction of sp³-hybridized carbons (Fsp3) is 0.846. The normalized spacial score (nSPS) is 13.6. The summed E-state index contributed by atoms with van der Waals surface area (Å²) in [6.07, 6.45) is 3.47. The van der Waals surface area contributed by atoms with E-state index in [2.05, 4.69) is 52.2 Å². The topological polar surface area (TPSA) is 9.23 Å². The third-order valence-corrected chi connectivity index (χ3v) is 9.64. The van der Waals surface area contributed by atoms with Gasteiger partial charge in [-0.15, -0.1) is 0 Å². The Hall–Kier alpha value is 0.134. The zero-order valence-electron chi connectivity index (χ0n) is 12.1. The van der Waals surface area contributed by atoms with Gasteiger partial charge >= 0.3 is 0 Å². The Bertz CT molecular complexity index is 194. The summed E-state index contributed by atoms with van der Waals surface area (Å²) < 4.78 is 5.85. The maximum atomic E-state index is 5.85. The molecule has 0 radical (unpaired) electrons. The summed E-state index contributed by atoms with van der Waals surface area (Å²) in [5, 5.41) is 0. The van der Waals surface area contributed by atoms with Crippen molar-refractivity contribution in [1.82, 2.24) is 0 Å². The van der Waals surface area contributed by atoms with Gasteiger partial charge in [-0.05, 0) is 26.1 Å². The van der Waals surface area contributed by atoms with Crippen molar-refractivity contribution in [3.8, 4) is 0 Å². The predicted molar refractivity (Wildman–Crippen MR) is 80.3 cm³/mol. The lowest BCUT2D eigenvalue weighted by molar-refractivity contribution is 0.319. The predicted octanol–water partition coefficient (Wildman–Crippen LogP) is 4.83. The number of hydrogen-bond donors (Lipinski definition) is 0. The molecule has 0 fully saturated rings. The molecule has 96 valence electrons. The third kappa shape index (κ3) is 6.66. The van der Waals surface area contributed by atoms with Crippen molar-refractivity contribution in [2.45, 2.75) is 65.0 Å². The Morgan fingerprint density at radius 1 is 0.938 bits per heavy atom. The molecule has 0 bridgehead atoms. The highest BCUT2D eigenvalue weighted by atomic mass is 28.4. The molecule has 1 nitrogen and oxygen atoms in total. The van der Waals surface area contributed by atoms with E-state index in [1.165, 1.54) is 18.1 Å². The largest absolute Gasteiger partial charge is 0.417 e. The van der Waals surface area contributed by atoms with Crippen molar-refractivity contribution in [1.29, 1.82) is 0 Å². The van der Waals surface area contributed by atoms with E-state index in [0.29, 0.717) is 0 Å². The van der Waals surface area contributed by atoms with Gasteiger partial charge in [-0.2, -0.15) is 0 Å². The van der Waals surface area contributed by atoms with Gasteiger partial charge in [-0.25, -0.2) is 0 Å². The summed E-state index contributed by atoms with van der Waals surface area (Å²) in [5.74, 6) is 0. The molecule has 0 unspecified atom stereocenters. The van der Waals surface area contributed by atoms with Gasteiger partial charge < -0.3 is 4.43 Å². The quantitative estimate of drug-likeness (QED) is 0.447. The lowest BCUT2D eigenvalue weighted by Gasteiger charge is -2.23. The van der Waals surface area contributed by atoms with Crippen molar-refractivity contribution in [2.24, 2.45) is 0 Å². The van der Waals surface area contributed by atoms with E-state index >= 15 is 0 Å². The average molecular weight is 259 g/mol. The molecule has 0 heterocycles. The van der Waals surface area contributed by atoms with E-state index in [1.807, 2.05) is 0 Å². The van der Waals surface area contributed by atoms with Crippen LogP contribution in [0.25, 0.3) is 0 Å². The van der Waals surface area contributed by atoms with Crippen LogP contribution in [0.5, 0.6) is 0 Å². The van der Waals surface area contributed by atoms with E-state index in [4.69, 9.17) is 4.43 Å².